The molecule has 0 heterocycles. The topological polar surface area (TPSA) is 40.5 Å². The summed E-state index contributed by atoms with van der Waals surface area (Å²) in [6, 6.07) is 8.71. The summed E-state index contributed by atoms with van der Waals surface area (Å²) < 4.78 is 0. The highest BCUT2D eigenvalue weighted by Gasteiger charge is 2.17. The lowest BCUT2D eigenvalue weighted by Gasteiger charge is -2.27. The molecule has 114 valence electrons. The van der Waals surface area contributed by atoms with Gasteiger partial charge in [0.1, 0.15) is 0 Å². The monoisotopic (exact) mass is 287 g/mol. The third-order valence-corrected chi connectivity index (χ3v) is 4.33. The van der Waals surface area contributed by atoms with Crippen LogP contribution < -0.4 is 0 Å². The molecule has 1 aromatic carbocycles. The Morgan fingerprint density at radius 3 is 2.57 bits per heavy atom. The maximum absolute atomic E-state index is 10.7. The minimum atomic E-state index is -0.901. The number of aliphatic carboxylic acids is 1. The molecule has 0 bridgehead atoms. The lowest BCUT2D eigenvalue weighted by atomic mass is 10.0. The normalized spacial score (nSPS) is 17.2. The highest BCUT2D eigenvalue weighted by atomic mass is 16.4. The van der Waals surface area contributed by atoms with Crippen LogP contribution in [0.5, 0.6) is 0 Å². The highest BCUT2D eigenvalue weighted by Crippen LogP contribution is 2.23. The maximum Gasteiger partial charge on any atom is 0.328 e. The molecule has 2 rings (SSSR count). The van der Waals surface area contributed by atoms with Gasteiger partial charge in [0.25, 0.3) is 0 Å². The van der Waals surface area contributed by atoms with Crippen LogP contribution >= 0.6 is 0 Å². The molecule has 21 heavy (non-hydrogen) atoms. The van der Waals surface area contributed by atoms with Crippen molar-refractivity contribution < 1.29 is 9.90 Å². The number of carbonyl (C=O) groups is 1. The highest BCUT2D eigenvalue weighted by molar-refractivity contribution is 5.85. The predicted molar refractivity (Wildman–Crippen MR) is 86.1 cm³/mol. The fourth-order valence-electron chi connectivity index (χ4n) is 3.10. The molecule has 1 aromatic rings. The van der Waals surface area contributed by atoms with Gasteiger partial charge in [0.15, 0.2) is 0 Å². The van der Waals surface area contributed by atoms with Crippen LogP contribution in [-0.2, 0) is 11.3 Å². The molecule has 0 spiro atoms. The Bertz CT molecular complexity index is 488. The van der Waals surface area contributed by atoms with Gasteiger partial charge in [0.2, 0.25) is 0 Å². The van der Waals surface area contributed by atoms with Crippen molar-refractivity contribution in [2.24, 2.45) is 0 Å². The van der Waals surface area contributed by atoms with E-state index < -0.39 is 5.97 Å². The molecule has 0 unspecified atom stereocenters. The minimum absolute atomic E-state index is 0.656. The van der Waals surface area contributed by atoms with Crippen molar-refractivity contribution in [3.8, 4) is 0 Å². The van der Waals surface area contributed by atoms with Gasteiger partial charge in [-0.25, -0.2) is 4.79 Å². The van der Waals surface area contributed by atoms with Crippen LogP contribution in [0.2, 0.25) is 0 Å². The number of benzene rings is 1. The van der Waals surface area contributed by atoms with Gasteiger partial charge in [-0.1, -0.05) is 49.9 Å². The van der Waals surface area contributed by atoms with Gasteiger partial charge in [0, 0.05) is 18.7 Å². The predicted octanol–water partition coefficient (Wildman–Crippen LogP) is 3.94. The van der Waals surface area contributed by atoms with E-state index in [1.54, 1.807) is 6.08 Å². The van der Waals surface area contributed by atoms with Gasteiger partial charge in [0.05, 0.1) is 0 Å². The van der Waals surface area contributed by atoms with Gasteiger partial charge >= 0.3 is 5.97 Å². The smallest absolute Gasteiger partial charge is 0.328 e. The van der Waals surface area contributed by atoms with Crippen LogP contribution in [0.15, 0.2) is 30.3 Å². The van der Waals surface area contributed by atoms with Gasteiger partial charge in [-0.3, -0.25) is 4.90 Å². The summed E-state index contributed by atoms with van der Waals surface area (Å²) in [5.41, 5.74) is 2.20. The van der Waals surface area contributed by atoms with Crippen LogP contribution in [0.4, 0.5) is 0 Å². The number of carboxylic acids is 1. The molecule has 0 aromatic heterocycles. The second kappa shape index (κ2) is 7.99. The van der Waals surface area contributed by atoms with Crippen molar-refractivity contribution in [3.05, 3.63) is 41.5 Å². The van der Waals surface area contributed by atoms with Crippen LogP contribution in [0.3, 0.4) is 0 Å². The number of carboxylic acid groups (broad SMARTS) is 1. The average molecular weight is 287 g/mol. The summed E-state index contributed by atoms with van der Waals surface area (Å²) in [6.07, 6.45) is 10.9. The van der Waals surface area contributed by atoms with Gasteiger partial charge in [-0.15, -0.1) is 0 Å². The summed E-state index contributed by atoms with van der Waals surface area (Å²) in [7, 11) is 2.19. The molecule has 0 radical (unpaired) electrons. The fourth-order valence-corrected chi connectivity index (χ4v) is 3.10. The van der Waals surface area contributed by atoms with Gasteiger partial charge < -0.3 is 5.11 Å². The van der Waals surface area contributed by atoms with Crippen molar-refractivity contribution >= 4 is 12.0 Å². The lowest BCUT2D eigenvalue weighted by molar-refractivity contribution is -0.131. The van der Waals surface area contributed by atoms with Crippen molar-refractivity contribution in [2.75, 3.05) is 7.05 Å². The van der Waals surface area contributed by atoms with Gasteiger partial charge in [-0.2, -0.15) is 0 Å². The first-order chi connectivity index (χ1) is 10.2. The fraction of sp³-hybridized carbons (Fsp3) is 0.500. The zero-order chi connectivity index (χ0) is 15.1. The first-order valence-electron chi connectivity index (χ1n) is 7.86. The minimum Gasteiger partial charge on any atom is -0.478 e. The summed E-state index contributed by atoms with van der Waals surface area (Å²) in [6.45, 7) is 0.880. The summed E-state index contributed by atoms with van der Waals surface area (Å²) in [5, 5.41) is 8.79. The first kappa shape index (κ1) is 15.8. The van der Waals surface area contributed by atoms with Crippen LogP contribution in [0.1, 0.15) is 49.7 Å². The molecule has 1 fully saturated rings. The largest absolute Gasteiger partial charge is 0.478 e. The molecule has 3 nitrogen and oxygen atoms in total. The second-order valence-electron chi connectivity index (χ2n) is 5.93. The first-order valence-corrected chi connectivity index (χ1v) is 7.86. The molecule has 1 saturated carbocycles. The third kappa shape index (κ3) is 5.01. The van der Waals surface area contributed by atoms with E-state index in [-0.39, 0.29) is 0 Å². The number of nitrogens with zero attached hydrogens (tertiary/aromatic N) is 1. The van der Waals surface area contributed by atoms with E-state index >= 15 is 0 Å². The van der Waals surface area contributed by atoms with E-state index in [0.717, 1.165) is 12.1 Å². The average Bonchev–Trinajstić information content (AvgIpc) is 2.75. The Morgan fingerprint density at radius 1 is 1.24 bits per heavy atom. The van der Waals surface area contributed by atoms with E-state index in [1.807, 2.05) is 18.2 Å². The maximum atomic E-state index is 10.7. The Balaban J connectivity index is 2.05. The van der Waals surface area contributed by atoms with E-state index in [2.05, 4.69) is 18.0 Å². The Morgan fingerprint density at radius 2 is 1.90 bits per heavy atom. The summed E-state index contributed by atoms with van der Waals surface area (Å²) >= 11 is 0. The quantitative estimate of drug-likeness (QED) is 0.658. The molecule has 1 aliphatic rings. The molecular weight excluding hydrogens is 262 g/mol. The van der Waals surface area contributed by atoms with Crippen LogP contribution in [0.25, 0.3) is 6.08 Å². The van der Waals surface area contributed by atoms with Crippen LogP contribution in [0, 0.1) is 0 Å². The zero-order valence-electron chi connectivity index (χ0n) is 12.8. The molecular formula is C18H25NO2. The number of hydrogen-bond acceptors (Lipinski definition) is 2. The van der Waals surface area contributed by atoms with Crippen molar-refractivity contribution in [3.63, 3.8) is 0 Å². The van der Waals surface area contributed by atoms with Gasteiger partial charge in [-0.05, 0) is 37.1 Å². The molecule has 1 aliphatic carbocycles. The van der Waals surface area contributed by atoms with E-state index in [1.165, 1.54) is 50.2 Å². The Labute approximate surface area is 127 Å². The summed E-state index contributed by atoms with van der Waals surface area (Å²) in [5.74, 6) is -0.901. The van der Waals surface area contributed by atoms with Crippen LogP contribution in [-0.4, -0.2) is 29.1 Å². The third-order valence-electron chi connectivity index (χ3n) is 4.33. The Kier molecular flexibility index (Phi) is 6.00. The van der Waals surface area contributed by atoms with E-state index in [0.29, 0.717) is 6.04 Å². The molecule has 3 heteroatoms. The summed E-state index contributed by atoms with van der Waals surface area (Å²) in [4.78, 5) is 13.1. The molecule has 0 atom stereocenters. The lowest BCUT2D eigenvalue weighted by Crippen LogP contribution is -2.30. The van der Waals surface area contributed by atoms with E-state index in [4.69, 9.17) is 5.11 Å². The van der Waals surface area contributed by atoms with Crippen molar-refractivity contribution in [1.82, 2.24) is 4.90 Å². The van der Waals surface area contributed by atoms with E-state index in [9.17, 15) is 4.79 Å². The number of rotatable bonds is 5. The number of hydrogen-bond donors (Lipinski definition) is 1. The van der Waals surface area contributed by atoms with Crippen molar-refractivity contribution in [2.45, 2.75) is 51.1 Å². The molecule has 0 aliphatic heterocycles. The molecule has 0 saturated heterocycles. The van der Waals surface area contributed by atoms with Crippen molar-refractivity contribution in [1.29, 1.82) is 0 Å². The Hall–Kier alpha value is -1.61. The SMILES string of the molecule is CN(Cc1ccccc1C=CC(=O)O)C1CCCCCC1. The second-order valence-corrected chi connectivity index (χ2v) is 5.93. The standard InChI is InChI=1S/C18H25NO2/c1-19(17-10-4-2-3-5-11-17)14-16-9-7-6-8-15(16)12-13-18(20)21/h6-9,12-13,17H,2-5,10-11,14H2,1H3,(H,20,21). The molecule has 1 N–H and O–H groups in total. The zero-order valence-corrected chi connectivity index (χ0v) is 12.8. The molecule has 0 amide bonds.